The highest BCUT2D eigenvalue weighted by Gasteiger charge is 2.24. The van der Waals surface area contributed by atoms with Crippen LogP contribution in [0.5, 0.6) is 0 Å². The number of sulfonamides is 1. The van der Waals surface area contributed by atoms with Crippen molar-refractivity contribution in [2.45, 2.75) is 36.4 Å². The first-order valence-corrected chi connectivity index (χ1v) is 8.60. The van der Waals surface area contributed by atoms with Crippen molar-refractivity contribution in [2.24, 2.45) is 0 Å². The van der Waals surface area contributed by atoms with Crippen LogP contribution in [0.2, 0.25) is 0 Å². The molecule has 1 aliphatic heterocycles. The molecule has 0 bridgehead atoms. The quantitative estimate of drug-likeness (QED) is 0.849. The molecule has 0 spiro atoms. The van der Waals surface area contributed by atoms with Gasteiger partial charge in [0.05, 0.1) is 0 Å². The Hall–Kier alpha value is -0.700. The number of likely N-dealkylation sites (N-methyl/N-ethyl adjacent to an activating group) is 1. The monoisotopic (exact) mass is 305 g/mol. The number of aromatic nitrogens is 1. The van der Waals surface area contributed by atoms with E-state index in [0.29, 0.717) is 12.2 Å². The first kappa shape index (κ1) is 14.7. The van der Waals surface area contributed by atoms with Crippen LogP contribution >= 0.6 is 11.3 Å². The highest BCUT2D eigenvalue weighted by atomic mass is 32.2. The first-order chi connectivity index (χ1) is 8.90. The summed E-state index contributed by atoms with van der Waals surface area (Å²) in [4.78, 5) is 15.5. The molecule has 19 heavy (non-hydrogen) atoms. The third kappa shape index (κ3) is 3.44. The van der Waals surface area contributed by atoms with Gasteiger partial charge in [-0.25, -0.2) is 13.1 Å². The van der Waals surface area contributed by atoms with Crippen LogP contribution in [0.4, 0.5) is 0 Å². The van der Waals surface area contributed by atoms with Gasteiger partial charge in [-0.2, -0.15) is 0 Å². The van der Waals surface area contributed by atoms with Gasteiger partial charge in [0.2, 0.25) is 0 Å². The van der Waals surface area contributed by atoms with Gasteiger partial charge in [0.1, 0.15) is 0 Å². The molecule has 6 nitrogen and oxygen atoms in total. The zero-order chi connectivity index (χ0) is 14.0. The van der Waals surface area contributed by atoms with Gasteiger partial charge in [-0.05, 0) is 33.4 Å². The van der Waals surface area contributed by atoms with Crippen molar-refractivity contribution in [3.63, 3.8) is 0 Å². The lowest BCUT2D eigenvalue weighted by molar-refractivity contribution is 0.187. The van der Waals surface area contributed by atoms with E-state index in [1.807, 2.05) is 7.05 Å². The second-order valence-corrected chi connectivity index (χ2v) is 7.85. The third-order valence-electron chi connectivity index (χ3n) is 3.46. The van der Waals surface area contributed by atoms with E-state index in [2.05, 4.69) is 14.6 Å². The number of nitrogens with zero attached hydrogens (tertiary/aromatic N) is 1. The smallest absolute Gasteiger partial charge is 0.305 e. The highest BCUT2D eigenvalue weighted by molar-refractivity contribution is 7.91. The number of hydrogen-bond donors (Lipinski definition) is 2. The summed E-state index contributed by atoms with van der Waals surface area (Å²) < 4.78 is 27.0. The van der Waals surface area contributed by atoms with Gasteiger partial charge in [0.25, 0.3) is 10.0 Å². The molecule has 2 heterocycles. The Bertz CT molecular complexity index is 591. The van der Waals surface area contributed by atoms with Crippen molar-refractivity contribution in [1.29, 1.82) is 0 Å². The van der Waals surface area contributed by atoms with E-state index in [-0.39, 0.29) is 15.1 Å². The molecule has 1 aromatic rings. The maximum atomic E-state index is 12.1. The minimum absolute atomic E-state index is 0.0935. The summed E-state index contributed by atoms with van der Waals surface area (Å²) in [5, 5.41) is 0. The highest BCUT2D eigenvalue weighted by Crippen LogP contribution is 2.17. The molecule has 1 aliphatic rings. The summed E-state index contributed by atoms with van der Waals surface area (Å²) in [5.74, 6) is 0. The molecule has 0 saturated carbocycles. The number of aryl methyl sites for hydroxylation is 1. The molecule has 1 unspecified atom stereocenters. The average molecular weight is 305 g/mol. The van der Waals surface area contributed by atoms with Crippen LogP contribution < -0.4 is 9.60 Å². The lowest BCUT2D eigenvalue weighted by Crippen LogP contribution is -2.44. The number of nitrogens with one attached hydrogen (secondary N) is 2. The maximum absolute atomic E-state index is 12.1. The minimum atomic E-state index is -3.58. The van der Waals surface area contributed by atoms with Crippen LogP contribution in [-0.4, -0.2) is 44.5 Å². The lowest BCUT2D eigenvalue weighted by Gasteiger charge is -2.32. The van der Waals surface area contributed by atoms with Gasteiger partial charge in [-0.1, -0.05) is 17.8 Å². The standard InChI is InChI=1S/C11H19N3O3S2/c1-8-10(18-11(15)13-8)19(16,17)12-7-9-5-3-4-6-14(9)2/h9,12H,3-7H2,1-2H3,(H,13,15). The van der Waals surface area contributed by atoms with Crippen LogP contribution in [0.3, 0.4) is 0 Å². The van der Waals surface area contributed by atoms with E-state index >= 15 is 0 Å². The van der Waals surface area contributed by atoms with E-state index < -0.39 is 10.0 Å². The molecule has 0 aliphatic carbocycles. The van der Waals surface area contributed by atoms with E-state index in [4.69, 9.17) is 0 Å². The zero-order valence-corrected chi connectivity index (χ0v) is 12.7. The predicted molar refractivity (Wildman–Crippen MR) is 75.1 cm³/mol. The zero-order valence-electron chi connectivity index (χ0n) is 11.1. The first-order valence-electron chi connectivity index (χ1n) is 6.30. The number of piperidine rings is 1. The molecule has 8 heteroatoms. The van der Waals surface area contributed by atoms with Gasteiger partial charge in [0.15, 0.2) is 4.21 Å². The predicted octanol–water partition coefficient (Wildman–Crippen LogP) is 0.507. The van der Waals surface area contributed by atoms with Crippen LogP contribution in [-0.2, 0) is 10.0 Å². The molecule has 0 radical (unpaired) electrons. The van der Waals surface area contributed by atoms with Crippen LogP contribution in [0.25, 0.3) is 0 Å². The van der Waals surface area contributed by atoms with Crippen LogP contribution in [0.15, 0.2) is 9.00 Å². The maximum Gasteiger partial charge on any atom is 0.305 e. The summed E-state index contributed by atoms with van der Waals surface area (Å²) in [6, 6.07) is 0.236. The second kappa shape index (κ2) is 5.74. The van der Waals surface area contributed by atoms with Crippen molar-refractivity contribution in [3.05, 3.63) is 15.4 Å². The molecule has 108 valence electrons. The summed E-state index contributed by atoms with van der Waals surface area (Å²) in [7, 11) is -1.57. The molecular weight excluding hydrogens is 286 g/mol. The average Bonchev–Trinajstić information content (AvgIpc) is 2.68. The molecule has 0 amide bonds. The molecule has 1 atom stereocenters. The Labute approximate surface area is 116 Å². The van der Waals surface area contributed by atoms with Gasteiger partial charge >= 0.3 is 4.87 Å². The number of hydrogen-bond acceptors (Lipinski definition) is 5. The molecular formula is C11H19N3O3S2. The molecule has 1 saturated heterocycles. The number of rotatable bonds is 4. The second-order valence-electron chi connectivity index (χ2n) is 4.91. The fraction of sp³-hybridized carbons (Fsp3) is 0.727. The molecule has 1 fully saturated rings. The van der Waals surface area contributed by atoms with Crippen LogP contribution in [0, 0.1) is 6.92 Å². The lowest BCUT2D eigenvalue weighted by atomic mass is 10.0. The van der Waals surface area contributed by atoms with Gasteiger partial charge in [-0.3, -0.25) is 4.79 Å². The van der Waals surface area contributed by atoms with Gasteiger partial charge in [0, 0.05) is 18.3 Å². The number of aromatic amines is 1. The largest absolute Gasteiger partial charge is 0.315 e. The number of likely N-dealkylation sites (tertiary alicyclic amines) is 1. The third-order valence-corrected chi connectivity index (χ3v) is 6.48. The van der Waals surface area contributed by atoms with Crippen LogP contribution in [0.1, 0.15) is 25.0 Å². The topological polar surface area (TPSA) is 82.3 Å². The van der Waals surface area contributed by atoms with Crippen molar-refractivity contribution < 1.29 is 8.42 Å². The fourth-order valence-corrected chi connectivity index (χ4v) is 4.74. The summed E-state index contributed by atoms with van der Waals surface area (Å²) in [6.45, 7) is 2.99. The van der Waals surface area contributed by atoms with E-state index in [1.165, 1.54) is 0 Å². The molecule has 2 N–H and O–H groups in total. The Morgan fingerprint density at radius 1 is 1.47 bits per heavy atom. The molecule has 0 aromatic carbocycles. The Morgan fingerprint density at radius 3 is 2.79 bits per heavy atom. The number of thiazole rings is 1. The van der Waals surface area contributed by atoms with Gasteiger partial charge < -0.3 is 9.88 Å². The van der Waals surface area contributed by atoms with E-state index in [0.717, 1.165) is 37.1 Å². The van der Waals surface area contributed by atoms with Crippen molar-refractivity contribution in [2.75, 3.05) is 20.1 Å². The summed E-state index contributed by atoms with van der Waals surface area (Å²) in [5.41, 5.74) is 0.402. The van der Waals surface area contributed by atoms with E-state index in [1.54, 1.807) is 6.92 Å². The Morgan fingerprint density at radius 2 is 2.21 bits per heavy atom. The van der Waals surface area contributed by atoms with Crippen molar-refractivity contribution >= 4 is 21.4 Å². The Kier molecular flexibility index (Phi) is 4.44. The van der Waals surface area contributed by atoms with Gasteiger partial charge in [-0.15, -0.1) is 0 Å². The normalized spacial score (nSPS) is 21.7. The molecule has 1 aromatic heterocycles. The van der Waals surface area contributed by atoms with Crippen molar-refractivity contribution in [1.82, 2.24) is 14.6 Å². The number of H-pyrrole nitrogens is 1. The Balaban J connectivity index is 2.05. The summed E-state index contributed by atoms with van der Waals surface area (Å²) >= 11 is 0.734. The SMILES string of the molecule is Cc1[nH]c(=O)sc1S(=O)(=O)NCC1CCCCN1C. The van der Waals surface area contributed by atoms with Crippen molar-refractivity contribution in [3.8, 4) is 0 Å². The fourth-order valence-electron chi connectivity index (χ4n) is 2.32. The minimum Gasteiger partial charge on any atom is -0.315 e. The molecule has 2 rings (SSSR count). The van der Waals surface area contributed by atoms with E-state index in [9.17, 15) is 13.2 Å². The summed E-state index contributed by atoms with van der Waals surface area (Å²) in [6.07, 6.45) is 3.30.